The lowest BCUT2D eigenvalue weighted by atomic mass is 10.0. The molecule has 4 aromatic carbocycles. The lowest BCUT2D eigenvalue weighted by Gasteiger charge is -2.28. The Morgan fingerprint density at radius 1 is 0.608 bits per heavy atom. The number of amides is 2. The Morgan fingerprint density at radius 2 is 1.06 bits per heavy atom. The van der Waals surface area contributed by atoms with Crippen LogP contribution in [0, 0.1) is 0 Å². The molecule has 2 saturated heterocycles. The predicted molar refractivity (Wildman–Crippen MR) is 386 cm³/mol. The second kappa shape index (κ2) is 34.7. The van der Waals surface area contributed by atoms with Crippen molar-refractivity contribution < 1.29 is 74.3 Å². The average molecular weight is 1480 g/mol. The second-order valence-electron chi connectivity index (χ2n) is 22.4. The molecule has 2 aliphatic rings. The van der Waals surface area contributed by atoms with Gasteiger partial charge in [-0.05, 0) is 84.0 Å². The average Bonchev–Trinajstić information content (AvgIpc) is 0.866. The Hall–Kier alpha value is -9.77. The predicted octanol–water partition coefficient (Wildman–Crippen LogP) is 8.69. The summed E-state index contributed by atoms with van der Waals surface area (Å²) < 4.78 is 92.3. The van der Waals surface area contributed by atoms with E-state index < -0.39 is 59.3 Å². The van der Waals surface area contributed by atoms with Crippen LogP contribution in [0.4, 0.5) is 85.2 Å². The molecular weight excluding hydrogens is 1410 g/mol. The third-order valence-electron chi connectivity index (χ3n) is 16.0. The summed E-state index contributed by atoms with van der Waals surface area (Å²) in [7, 11) is -6.58. The van der Waals surface area contributed by atoms with Crippen LogP contribution in [0.2, 0.25) is 0 Å². The van der Waals surface area contributed by atoms with Crippen LogP contribution in [-0.4, -0.2) is 204 Å². The number of rotatable bonds is 33. The molecule has 8 N–H and O–H groups in total. The van der Waals surface area contributed by atoms with E-state index in [1.807, 2.05) is 47.3 Å². The van der Waals surface area contributed by atoms with E-state index in [0.717, 1.165) is 34.8 Å². The number of aliphatic hydroxyl groups excluding tert-OH is 2. The zero-order valence-corrected chi connectivity index (χ0v) is 60.2. The number of anilines is 11. The van der Waals surface area contributed by atoms with E-state index in [2.05, 4.69) is 31.5 Å². The summed E-state index contributed by atoms with van der Waals surface area (Å²) in [6, 6.07) is 17.2. The van der Waals surface area contributed by atoms with E-state index >= 15 is 0 Å². The van der Waals surface area contributed by atoms with Gasteiger partial charge in [0.15, 0.2) is 5.78 Å². The van der Waals surface area contributed by atoms with Crippen molar-refractivity contribution in [2.75, 3.05) is 165 Å². The highest BCUT2D eigenvalue weighted by atomic mass is 32.2. The number of ketones is 2. The first-order valence-electron chi connectivity index (χ1n) is 32.1. The van der Waals surface area contributed by atoms with Crippen molar-refractivity contribution in [3.8, 4) is 11.5 Å². The van der Waals surface area contributed by atoms with E-state index in [9.17, 15) is 55.3 Å². The number of nitrogens with one attached hydrogen (secondary N) is 4. The van der Waals surface area contributed by atoms with Crippen LogP contribution in [0.3, 0.4) is 0 Å². The van der Waals surface area contributed by atoms with Gasteiger partial charge in [-0.3, -0.25) is 28.3 Å². The Morgan fingerprint density at radius 3 is 1.50 bits per heavy atom. The molecule has 0 spiro atoms. The van der Waals surface area contributed by atoms with E-state index in [1.165, 1.54) is 75.4 Å². The fourth-order valence-corrected chi connectivity index (χ4v) is 14.2. The van der Waals surface area contributed by atoms with Crippen molar-refractivity contribution in [1.29, 1.82) is 0 Å². The standard InChI is InChI=1S/C64H78N18O16S4/c1-9-78(10-2)47-34-43(45(36-49(47)95-7)74-76-63-69-56(80-23-29-97-30-24-80)51(99-63)33-40(38(5)85)58(87)65-41-17-13-15-19-52(41)101(89,90)91)67-60-71-61(73-62(72-60)82(21-27-83)22-28-84)68-44-35-48(79(11-3)12-4)50(96-8)37-46(44)75-77-64-70-57(81-25-31-98-32-26-81)55(100-64)54(39(6)86)59(88)66-42-18-14-16-20-53(42)102(92,93)94/h13-20,33-37,54,83-84H,9-12,21-32H2,1-8H3,(H,65,87)(H,66,88)(H,89,90,91)(H,92,93,94)(H2,67,68,71,72,73)/b40-33+,76-74?,77-75?. The molecule has 5 heterocycles. The second-order valence-corrected chi connectivity index (χ2v) is 27.2. The highest BCUT2D eigenvalue weighted by molar-refractivity contribution is 7.86. The molecule has 1 unspecified atom stereocenters. The number of carbonyl (C=O) groups is 4. The smallest absolute Gasteiger partial charge is 0.296 e. The van der Waals surface area contributed by atoms with Gasteiger partial charge < -0.3 is 74.9 Å². The Balaban J connectivity index is 1.15. The lowest BCUT2D eigenvalue weighted by Crippen LogP contribution is -2.38. The maximum atomic E-state index is 14.3. The lowest BCUT2D eigenvalue weighted by molar-refractivity contribution is -0.126. The van der Waals surface area contributed by atoms with Gasteiger partial charge in [0.25, 0.3) is 26.1 Å². The minimum atomic E-state index is -4.80. The SMILES string of the molecule is CCN(CC)c1cc(Nc2nc(Nc3cc(N(CC)CC)c(OC)cc3N=Nc3nc(N4CCOCC4)c(C(C(C)=O)C(=O)Nc4ccccc4S(=O)(=O)O)s3)nc(N(CCO)CCO)n2)c(N=Nc2nc(N3CCOCC3)c(/C=C(\C(C)=O)C(=O)Nc3ccccc3S(=O)(=O)O)s2)cc1OC. The molecule has 0 bridgehead atoms. The number of aliphatic hydroxyl groups is 2. The van der Waals surface area contributed by atoms with E-state index in [1.54, 1.807) is 24.3 Å². The van der Waals surface area contributed by atoms with Crippen LogP contribution in [0.5, 0.6) is 11.5 Å². The Labute approximate surface area is 596 Å². The largest absolute Gasteiger partial charge is 0.494 e. The van der Waals surface area contributed by atoms with Gasteiger partial charge in [0.2, 0.25) is 34.0 Å². The van der Waals surface area contributed by atoms with Crippen molar-refractivity contribution in [3.63, 3.8) is 0 Å². The maximum Gasteiger partial charge on any atom is 0.296 e. The normalized spacial score (nSPS) is 14.0. The summed E-state index contributed by atoms with van der Waals surface area (Å²) in [6.07, 6.45) is 1.32. The molecule has 2 fully saturated rings. The molecule has 3 aromatic heterocycles. The summed E-state index contributed by atoms with van der Waals surface area (Å²) in [5.41, 5.74) is 1.23. The third kappa shape index (κ3) is 18.7. The van der Waals surface area contributed by atoms with Gasteiger partial charge in [-0.25, -0.2) is 0 Å². The quantitative estimate of drug-likeness (QED) is 0.00626. The summed E-state index contributed by atoms with van der Waals surface area (Å²) in [4.78, 5) is 88.0. The first kappa shape index (κ1) is 76.4. The highest BCUT2D eigenvalue weighted by Gasteiger charge is 2.35. The van der Waals surface area contributed by atoms with Crippen molar-refractivity contribution >= 4 is 158 Å². The minimum Gasteiger partial charge on any atom is -0.494 e. The molecule has 0 radical (unpaired) electrons. The number of thiazole rings is 2. The molecule has 2 amide bonds. The third-order valence-corrected chi connectivity index (χ3v) is 19.7. The van der Waals surface area contributed by atoms with E-state index in [0.29, 0.717) is 112 Å². The van der Waals surface area contributed by atoms with Crippen molar-refractivity contribution in [1.82, 2.24) is 24.9 Å². The number of benzene rings is 4. The number of azo groups is 2. The van der Waals surface area contributed by atoms with Gasteiger partial charge >= 0.3 is 0 Å². The number of methoxy groups -OCH3 is 2. The molecular formula is C64H78N18O16S4. The molecule has 7 aromatic rings. The van der Waals surface area contributed by atoms with Crippen molar-refractivity contribution in [2.24, 2.45) is 20.5 Å². The highest BCUT2D eigenvalue weighted by Crippen LogP contribution is 2.45. The number of ether oxygens (including phenoxy) is 4. The molecule has 38 heteroatoms. The minimum absolute atomic E-state index is 0.00355. The molecule has 2 aliphatic heterocycles. The van der Waals surface area contributed by atoms with Gasteiger partial charge in [-0.2, -0.15) is 41.8 Å². The number of hydrogen-bond acceptors (Lipinski definition) is 32. The first-order valence-corrected chi connectivity index (χ1v) is 36.6. The number of carbonyl (C=O) groups excluding carboxylic acids is 4. The van der Waals surface area contributed by atoms with Crippen LogP contribution in [0.1, 0.15) is 57.2 Å². The molecule has 0 saturated carbocycles. The number of morpholine rings is 2. The Kier molecular flexibility index (Phi) is 26.0. The number of nitrogens with zero attached hydrogens (tertiary/aromatic N) is 14. The van der Waals surface area contributed by atoms with Crippen LogP contribution < -0.4 is 55.2 Å². The van der Waals surface area contributed by atoms with Crippen LogP contribution >= 0.6 is 22.7 Å². The summed E-state index contributed by atoms with van der Waals surface area (Å²) >= 11 is 1.90. The van der Waals surface area contributed by atoms with Gasteiger partial charge in [-0.1, -0.05) is 46.9 Å². The summed E-state index contributed by atoms with van der Waals surface area (Å²) in [5, 5.41) is 51.0. The summed E-state index contributed by atoms with van der Waals surface area (Å²) in [5.74, 6) is -3.50. The van der Waals surface area contributed by atoms with Gasteiger partial charge in [0, 0.05) is 77.6 Å². The molecule has 34 nitrogen and oxygen atoms in total. The molecule has 0 aliphatic carbocycles. The zero-order chi connectivity index (χ0) is 73.4. The zero-order valence-electron chi connectivity index (χ0n) is 57.0. The van der Waals surface area contributed by atoms with Gasteiger partial charge in [0.1, 0.15) is 56.0 Å². The molecule has 544 valence electrons. The van der Waals surface area contributed by atoms with Gasteiger partial charge in [-0.15, -0.1) is 20.5 Å². The number of Topliss-reactive ketones (excluding diaryl/α,β-unsaturated/α-hetero) is 2. The van der Waals surface area contributed by atoms with Crippen molar-refractivity contribution in [2.45, 2.75) is 57.3 Å². The fraction of sp³-hybridized carbons (Fsp3) is 0.391. The van der Waals surface area contributed by atoms with Crippen molar-refractivity contribution in [3.05, 3.63) is 88.1 Å². The number of hydrogen-bond donors (Lipinski definition) is 8. The number of aromatic nitrogens is 5. The van der Waals surface area contributed by atoms with E-state index in [4.69, 9.17) is 54.1 Å². The fourth-order valence-electron chi connectivity index (χ4n) is 11.0. The van der Waals surface area contributed by atoms with E-state index in [-0.39, 0.29) is 105 Å². The summed E-state index contributed by atoms with van der Waals surface area (Å²) in [6.45, 7) is 14.3. The van der Waals surface area contributed by atoms with Crippen LogP contribution in [0.25, 0.3) is 6.08 Å². The monoisotopic (exact) mass is 1480 g/mol. The van der Waals surface area contributed by atoms with Crippen LogP contribution in [-0.2, 0) is 48.9 Å². The maximum absolute atomic E-state index is 14.3. The molecule has 9 rings (SSSR count). The molecule has 102 heavy (non-hydrogen) atoms. The topological polar surface area (TPSA) is 433 Å². The van der Waals surface area contributed by atoms with Crippen LogP contribution in [0.15, 0.2) is 109 Å². The Bertz CT molecular complexity index is 4510. The first-order chi connectivity index (χ1) is 48.9. The number of para-hydroxylation sites is 2. The molecule has 1 atom stereocenters. The van der Waals surface area contributed by atoms with Gasteiger partial charge in [0.05, 0.1) is 103 Å².